The zero-order valence-electron chi connectivity index (χ0n) is 18.5. The highest BCUT2D eigenvalue weighted by Crippen LogP contribution is 2.32. The van der Waals surface area contributed by atoms with Gasteiger partial charge >= 0.3 is 0 Å². The summed E-state index contributed by atoms with van der Waals surface area (Å²) in [6.45, 7) is 0.0911. The number of carbonyl (C=O) groups is 2. The fourth-order valence-electron chi connectivity index (χ4n) is 3.66. The molecule has 8 nitrogen and oxygen atoms in total. The molecule has 1 aromatic heterocycles. The van der Waals surface area contributed by atoms with E-state index in [2.05, 4.69) is 15.7 Å². The summed E-state index contributed by atoms with van der Waals surface area (Å²) in [6, 6.07) is 20.4. The van der Waals surface area contributed by atoms with Gasteiger partial charge in [-0.2, -0.15) is 5.10 Å². The molecule has 2 N–H and O–H groups in total. The Morgan fingerprint density at radius 2 is 1.71 bits per heavy atom. The quantitative estimate of drug-likeness (QED) is 0.430. The number of rotatable bonds is 7. The van der Waals surface area contributed by atoms with Crippen molar-refractivity contribution in [1.82, 2.24) is 20.4 Å². The zero-order chi connectivity index (χ0) is 24.2. The molecular formula is C26H21FN4O4. The van der Waals surface area contributed by atoms with E-state index >= 15 is 0 Å². The molecule has 2 heterocycles. The molecule has 5 rings (SSSR count). The van der Waals surface area contributed by atoms with Gasteiger partial charge in [-0.05, 0) is 54.6 Å². The minimum Gasteiger partial charge on any atom is -0.454 e. The minimum absolute atomic E-state index is 0.115. The van der Waals surface area contributed by atoms with Crippen molar-refractivity contribution in [3.63, 3.8) is 0 Å². The molecule has 176 valence electrons. The van der Waals surface area contributed by atoms with Crippen LogP contribution in [-0.2, 0) is 11.3 Å². The first kappa shape index (κ1) is 22.1. The van der Waals surface area contributed by atoms with Crippen LogP contribution in [0.5, 0.6) is 11.5 Å². The number of para-hydroxylation sites is 1. The maximum Gasteiger partial charge on any atom is 0.251 e. The van der Waals surface area contributed by atoms with Gasteiger partial charge in [0.25, 0.3) is 5.91 Å². The molecule has 0 radical (unpaired) electrons. The maximum absolute atomic E-state index is 13.4. The highest BCUT2D eigenvalue weighted by atomic mass is 19.1. The van der Waals surface area contributed by atoms with Crippen molar-refractivity contribution < 1.29 is 23.5 Å². The van der Waals surface area contributed by atoms with Crippen molar-refractivity contribution >= 4 is 11.8 Å². The molecule has 0 spiro atoms. The second-order valence-corrected chi connectivity index (χ2v) is 7.82. The lowest BCUT2D eigenvalue weighted by Gasteiger charge is -2.08. The van der Waals surface area contributed by atoms with E-state index in [0.29, 0.717) is 22.8 Å². The van der Waals surface area contributed by atoms with Gasteiger partial charge in [-0.3, -0.25) is 9.59 Å². The van der Waals surface area contributed by atoms with Crippen LogP contribution < -0.4 is 20.1 Å². The summed E-state index contributed by atoms with van der Waals surface area (Å²) in [5.74, 6) is -0.0404. The summed E-state index contributed by atoms with van der Waals surface area (Å²) in [7, 11) is 0. The molecule has 2 amide bonds. The van der Waals surface area contributed by atoms with Crippen molar-refractivity contribution in [3.05, 3.63) is 95.9 Å². The first-order valence-corrected chi connectivity index (χ1v) is 10.9. The SMILES string of the molecule is O=C(CNC(=O)c1ccc2c(c1)OCO2)NCc1cn(-c2ccccc2)nc1-c1ccc(F)cc1. The van der Waals surface area contributed by atoms with E-state index in [1.807, 2.05) is 36.5 Å². The molecule has 35 heavy (non-hydrogen) atoms. The summed E-state index contributed by atoms with van der Waals surface area (Å²) in [5, 5.41) is 10.1. The van der Waals surface area contributed by atoms with Crippen LogP contribution in [0.2, 0.25) is 0 Å². The van der Waals surface area contributed by atoms with E-state index in [4.69, 9.17) is 9.47 Å². The van der Waals surface area contributed by atoms with E-state index in [1.54, 1.807) is 35.0 Å². The van der Waals surface area contributed by atoms with Crippen LogP contribution in [-0.4, -0.2) is 34.9 Å². The van der Waals surface area contributed by atoms with E-state index in [-0.39, 0.29) is 31.6 Å². The topological polar surface area (TPSA) is 94.5 Å². The van der Waals surface area contributed by atoms with Gasteiger partial charge in [-0.25, -0.2) is 9.07 Å². The number of halogens is 1. The van der Waals surface area contributed by atoms with E-state index < -0.39 is 5.91 Å². The summed E-state index contributed by atoms with van der Waals surface area (Å²) < 4.78 is 25.7. The van der Waals surface area contributed by atoms with E-state index in [9.17, 15) is 14.0 Å². The second-order valence-electron chi connectivity index (χ2n) is 7.82. The Bertz CT molecular complexity index is 1370. The van der Waals surface area contributed by atoms with Crippen molar-refractivity contribution in [3.8, 4) is 28.4 Å². The average molecular weight is 472 g/mol. The van der Waals surface area contributed by atoms with E-state index in [0.717, 1.165) is 16.8 Å². The fourth-order valence-corrected chi connectivity index (χ4v) is 3.66. The third-order valence-corrected chi connectivity index (χ3v) is 5.45. The van der Waals surface area contributed by atoms with Gasteiger partial charge < -0.3 is 20.1 Å². The maximum atomic E-state index is 13.4. The molecule has 0 bridgehead atoms. The minimum atomic E-state index is -0.401. The Kier molecular flexibility index (Phi) is 6.13. The highest BCUT2D eigenvalue weighted by molar-refractivity contribution is 5.97. The van der Waals surface area contributed by atoms with Crippen LogP contribution in [0, 0.1) is 5.82 Å². The molecule has 1 aliphatic heterocycles. The average Bonchev–Trinajstić information content (AvgIpc) is 3.54. The number of hydrogen-bond acceptors (Lipinski definition) is 5. The summed E-state index contributed by atoms with van der Waals surface area (Å²) in [6.07, 6.45) is 1.82. The Balaban J connectivity index is 1.26. The van der Waals surface area contributed by atoms with Crippen molar-refractivity contribution in [1.29, 1.82) is 0 Å². The number of carbonyl (C=O) groups excluding carboxylic acids is 2. The van der Waals surface area contributed by atoms with Crippen LogP contribution in [0.25, 0.3) is 16.9 Å². The Morgan fingerprint density at radius 3 is 2.51 bits per heavy atom. The van der Waals surface area contributed by atoms with Crippen LogP contribution in [0.4, 0.5) is 4.39 Å². The molecule has 3 aromatic carbocycles. The van der Waals surface area contributed by atoms with Crippen LogP contribution in [0.1, 0.15) is 15.9 Å². The Labute approximate surface area is 200 Å². The fraction of sp³-hybridized carbons (Fsp3) is 0.115. The van der Waals surface area contributed by atoms with Crippen molar-refractivity contribution in [2.75, 3.05) is 13.3 Å². The molecule has 4 aromatic rings. The number of amides is 2. The monoisotopic (exact) mass is 472 g/mol. The van der Waals surface area contributed by atoms with Gasteiger partial charge in [0.1, 0.15) is 5.82 Å². The van der Waals surface area contributed by atoms with Crippen molar-refractivity contribution in [2.45, 2.75) is 6.54 Å². The van der Waals surface area contributed by atoms with Gasteiger partial charge in [-0.15, -0.1) is 0 Å². The number of nitrogens with zero attached hydrogens (tertiary/aromatic N) is 2. The van der Waals surface area contributed by atoms with Crippen LogP contribution in [0.15, 0.2) is 79.0 Å². The summed E-state index contributed by atoms with van der Waals surface area (Å²) in [5.41, 5.74) is 3.31. The van der Waals surface area contributed by atoms with Gasteiger partial charge in [-0.1, -0.05) is 18.2 Å². The van der Waals surface area contributed by atoms with Gasteiger partial charge in [0, 0.05) is 29.4 Å². The predicted molar refractivity (Wildman–Crippen MR) is 126 cm³/mol. The second kappa shape index (κ2) is 9.68. The van der Waals surface area contributed by atoms with Crippen LogP contribution in [0.3, 0.4) is 0 Å². The molecule has 0 fully saturated rings. The number of ether oxygens (including phenoxy) is 2. The zero-order valence-corrected chi connectivity index (χ0v) is 18.5. The molecule has 0 saturated carbocycles. The lowest BCUT2D eigenvalue weighted by Crippen LogP contribution is -2.36. The lowest BCUT2D eigenvalue weighted by molar-refractivity contribution is -0.120. The molecule has 0 atom stereocenters. The normalized spacial score (nSPS) is 11.8. The molecule has 1 aliphatic rings. The molecule has 0 saturated heterocycles. The van der Waals surface area contributed by atoms with E-state index in [1.165, 1.54) is 12.1 Å². The smallest absolute Gasteiger partial charge is 0.251 e. The number of hydrogen-bond donors (Lipinski definition) is 2. The Hall–Kier alpha value is -4.66. The lowest BCUT2D eigenvalue weighted by atomic mass is 10.1. The number of aromatic nitrogens is 2. The van der Waals surface area contributed by atoms with Gasteiger partial charge in [0.2, 0.25) is 12.7 Å². The Morgan fingerprint density at radius 1 is 0.943 bits per heavy atom. The number of nitrogens with one attached hydrogen (secondary N) is 2. The van der Waals surface area contributed by atoms with Gasteiger partial charge in [0.15, 0.2) is 11.5 Å². The molecule has 9 heteroatoms. The molecule has 0 unspecified atom stereocenters. The van der Waals surface area contributed by atoms with Gasteiger partial charge in [0.05, 0.1) is 17.9 Å². The number of benzene rings is 3. The van der Waals surface area contributed by atoms with Crippen LogP contribution >= 0.6 is 0 Å². The van der Waals surface area contributed by atoms with Crippen molar-refractivity contribution in [2.24, 2.45) is 0 Å². The standard InChI is InChI=1S/C26H21FN4O4/c27-20-9-6-17(7-10-20)25-19(15-31(30-25)21-4-2-1-3-5-21)13-28-24(32)14-29-26(33)18-8-11-22-23(12-18)35-16-34-22/h1-12,15H,13-14,16H2,(H,28,32)(H,29,33). The third kappa shape index (κ3) is 4.98. The first-order valence-electron chi connectivity index (χ1n) is 10.9. The number of fused-ring (bicyclic) bond motifs is 1. The molecular weight excluding hydrogens is 451 g/mol. The first-order chi connectivity index (χ1) is 17.1. The largest absolute Gasteiger partial charge is 0.454 e. The molecule has 0 aliphatic carbocycles. The summed E-state index contributed by atoms with van der Waals surface area (Å²) in [4.78, 5) is 24.9. The predicted octanol–water partition coefficient (Wildman–Crippen LogP) is 3.45. The summed E-state index contributed by atoms with van der Waals surface area (Å²) >= 11 is 0. The third-order valence-electron chi connectivity index (χ3n) is 5.45. The highest BCUT2D eigenvalue weighted by Gasteiger charge is 2.17.